The van der Waals surface area contributed by atoms with Crippen LogP contribution in [0.25, 0.3) is 0 Å². The number of ether oxygens (including phenoxy) is 1. The highest BCUT2D eigenvalue weighted by molar-refractivity contribution is 7.99. The third kappa shape index (κ3) is 7.69. The Morgan fingerprint density at radius 2 is 2.00 bits per heavy atom. The number of hydrogen-bond donors (Lipinski definition) is 0. The van der Waals surface area contributed by atoms with E-state index in [1.165, 1.54) is 28.9 Å². The van der Waals surface area contributed by atoms with E-state index < -0.39 is 0 Å². The number of unbranched alkanes of at least 4 members (excludes halogenated alkanes) is 1. The zero-order valence-electron chi connectivity index (χ0n) is 18.5. The number of hydrogen-bond acceptors (Lipinski definition) is 4. The number of esters is 1. The highest BCUT2D eigenvalue weighted by atomic mass is 32.2. The van der Waals surface area contributed by atoms with Gasteiger partial charge in [-0.1, -0.05) is 53.0 Å². The third-order valence-corrected chi connectivity index (χ3v) is 6.59. The predicted molar refractivity (Wildman–Crippen MR) is 120 cm³/mol. The smallest absolute Gasteiger partial charge is 0.306 e. The normalized spacial score (nSPS) is 14.6. The molecule has 1 aliphatic rings. The van der Waals surface area contributed by atoms with Crippen molar-refractivity contribution < 1.29 is 14.3 Å². The monoisotopic (exact) mass is 419 g/mol. The number of fused-ring (bicyclic) bond motifs is 1. The van der Waals surface area contributed by atoms with Crippen molar-refractivity contribution in [1.82, 2.24) is 4.90 Å². The van der Waals surface area contributed by atoms with Crippen molar-refractivity contribution in [2.75, 3.05) is 18.9 Å². The van der Waals surface area contributed by atoms with Gasteiger partial charge >= 0.3 is 5.97 Å². The topological polar surface area (TPSA) is 46.6 Å². The van der Waals surface area contributed by atoms with Crippen molar-refractivity contribution in [3.05, 3.63) is 29.3 Å². The van der Waals surface area contributed by atoms with Crippen LogP contribution in [0, 0.1) is 11.8 Å². The molecule has 0 saturated carbocycles. The van der Waals surface area contributed by atoms with Crippen molar-refractivity contribution in [2.24, 2.45) is 11.8 Å². The second-order valence-corrected chi connectivity index (χ2v) is 9.46. The number of amides is 1. The lowest BCUT2D eigenvalue weighted by Crippen LogP contribution is -2.38. The molecule has 29 heavy (non-hydrogen) atoms. The summed E-state index contributed by atoms with van der Waals surface area (Å²) in [5.74, 6) is 1.42. The maximum Gasteiger partial charge on any atom is 0.306 e. The molecular formula is C24H37NO3S. The van der Waals surface area contributed by atoms with E-state index in [9.17, 15) is 9.59 Å². The summed E-state index contributed by atoms with van der Waals surface area (Å²) in [6.07, 6.45) is 5.95. The van der Waals surface area contributed by atoms with E-state index >= 15 is 0 Å². The molecule has 4 nitrogen and oxygen atoms in total. The van der Waals surface area contributed by atoms with E-state index in [1.807, 2.05) is 18.7 Å². The quantitative estimate of drug-likeness (QED) is 0.352. The Bertz CT molecular complexity index is 674. The molecule has 1 aromatic carbocycles. The van der Waals surface area contributed by atoms with E-state index in [-0.39, 0.29) is 17.8 Å². The Morgan fingerprint density at radius 1 is 1.21 bits per heavy atom. The Labute approximate surface area is 180 Å². The van der Waals surface area contributed by atoms with Crippen molar-refractivity contribution in [3.63, 3.8) is 0 Å². The molecule has 1 heterocycles. The van der Waals surface area contributed by atoms with E-state index in [1.54, 1.807) is 11.8 Å². The molecule has 1 unspecified atom stereocenters. The molecule has 1 atom stereocenters. The van der Waals surface area contributed by atoms with Gasteiger partial charge in [-0.05, 0) is 42.0 Å². The summed E-state index contributed by atoms with van der Waals surface area (Å²) in [6, 6.07) is 6.46. The summed E-state index contributed by atoms with van der Waals surface area (Å²) < 4.78 is 5.48. The number of nitrogens with zero attached hydrogens (tertiary/aromatic N) is 1. The number of thioether (sulfide) groups is 1. The minimum atomic E-state index is -0.0896. The largest absolute Gasteiger partial charge is 0.465 e. The van der Waals surface area contributed by atoms with Crippen molar-refractivity contribution in [2.45, 2.75) is 77.7 Å². The van der Waals surface area contributed by atoms with Gasteiger partial charge in [0.2, 0.25) is 5.91 Å². The number of carbonyl (C=O) groups excluding carboxylic acids is 2. The lowest BCUT2D eigenvalue weighted by molar-refractivity contribution is -0.144. The lowest BCUT2D eigenvalue weighted by atomic mass is 9.99. The van der Waals surface area contributed by atoms with Gasteiger partial charge in [0.15, 0.2) is 0 Å². The SMILES string of the molecule is CCCCC(CC)COC(=O)CCSc1ccc2c(c1)CCN(C(=O)C(C)C)C2. The van der Waals surface area contributed by atoms with Gasteiger partial charge in [0.05, 0.1) is 13.0 Å². The van der Waals surface area contributed by atoms with E-state index in [2.05, 4.69) is 32.0 Å². The molecule has 1 aromatic rings. The van der Waals surface area contributed by atoms with Crippen LogP contribution < -0.4 is 0 Å². The molecule has 162 valence electrons. The van der Waals surface area contributed by atoms with Crippen LogP contribution in [0.3, 0.4) is 0 Å². The summed E-state index contributed by atoms with van der Waals surface area (Å²) in [4.78, 5) is 27.4. The fraction of sp³-hybridized carbons (Fsp3) is 0.667. The van der Waals surface area contributed by atoms with Crippen LogP contribution in [-0.4, -0.2) is 35.7 Å². The zero-order chi connectivity index (χ0) is 21.2. The molecule has 0 radical (unpaired) electrons. The summed E-state index contributed by atoms with van der Waals surface area (Å²) in [5.41, 5.74) is 2.57. The highest BCUT2D eigenvalue weighted by Crippen LogP contribution is 2.27. The maximum atomic E-state index is 12.2. The number of carbonyl (C=O) groups is 2. The van der Waals surface area contributed by atoms with Gasteiger partial charge < -0.3 is 9.64 Å². The first-order valence-corrected chi connectivity index (χ1v) is 12.1. The lowest BCUT2D eigenvalue weighted by Gasteiger charge is -2.30. The molecule has 1 aliphatic heterocycles. The second-order valence-electron chi connectivity index (χ2n) is 8.29. The number of rotatable bonds is 11. The third-order valence-electron chi connectivity index (χ3n) is 5.59. The molecule has 0 fully saturated rings. The molecule has 0 N–H and O–H groups in total. The molecule has 0 spiro atoms. The van der Waals surface area contributed by atoms with Gasteiger partial charge in [0, 0.05) is 29.7 Å². The Hall–Kier alpha value is -1.49. The average Bonchev–Trinajstić information content (AvgIpc) is 2.72. The Morgan fingerprint density at radius 3 is 2.69 bits per heavy atom. The molecule has 1 amide bonds. The number of benzene rings is 1. The predicted octanol–water partition coefficient (Wildman–Crippen LogP) is 5.47. The van der Waals surface area contributed by atoms with Crippen LogP contribution in [0.5, 0.6) is 0 Å². The summed E-state index contributed by atoms with van der Waals surface area (Å²) in [5, 5.41) is 0. The van der Waals surface area contributed by atoms with Crippen LogP contribution >= 0.6 is 11.8 Å². The first-order chi connectivity index (χ1) is 13.9. The van der Waals surface area contributed by atoms with Crippen molar-refractivity contribution >= 4 is 23.6 Å². The average molecular weight is 420 g/mol. The van der Waals surface area contributed by atoms with Gasteiger partial charge in [-0.25, -0.2) is 0 Å². The summed E-state index contributed by atoms with van der Waals surface area (Å²) in [7, 11) is 0. The van der Waals surface area contributed by atoms with Crippen LogP contribution in [-0.2, 0) is 27.3 Å². The van der Waals surface area contributed by atoms with Crippen LogP contribution in [0.1, 0.15) is 70.9 Å². The van der Waals surface area contributed by atoms with Gasteiger partial charge in [0.1, 0.15) is 0 Å². The minimum Gasteiger partial charge on any atom is -0.465 e. The highest BCUT2D eigenvalue weighted by Gasteiger charge is 2.22. The summed E-state index contributed by atoms with van der Waals surface area (Å²) in [6.45, 7) is 10.3. The molecule has 5 heteroatoms. The van der Waals surface area contributed by atoms with Crippen molar-refractivity contribution in [1.29, 1.82) is 0 Å². The molecular weight excluding hydrogens is 382 g/mol. The van der Waals surface area contributed by atoms with E-state index in [0.29, 0.717) is 25.5 Å². The fourth-order valence-corrected chi connectivity index (χ4v) is 4.50. The van der Waals surface area contributed by atoms with Gasteiger partial charge in [-0.3, -0.25) is 9.59 Å². The van der Waals surface area contributed by atoms with E-state index in [0.717, 1.165) is 31.6 Å². The standard InChI is InChI=1S/C24H37NO3S/c1-5-7-8-19(6-2)17-28-23(26)12-14-29-22-10-9-21-16-25(24(27)18(3)4)13-11-20(21)15-22/h9-10,15,18-19H,5-8,11-14,16-17H2,1-4H3. The van der Waals surface area contributed by atoms with Gasteiger partial charge in [-0.2, -0.15) is 0 Å². The fourth-order valence-electron chi connectivity index (χ4n) is 3.61. The van der Waals surface area contributed by atoms with Crippen LogP contribution in [0.4, 0.5) is 0 Å². The molecule has 0 bridgehead atoms. The first-order valence-electron chi connectivity index (χ1n) is 11.1. The zero-order valence-corrected chi connectivity index (χ0v) is 19.4. The molecule has 0 aliphatic carbocycles. The maximum absolute atomic E-state index is 12.2. The summed E-state index contributed by atoms with van der Waals surface area (Å²) >= 11 is 1.71. The van der Waals surface area contributed by atoms with Crippen molar-refractivity contribution in [3.8, 4) is 0 Å². The Balaban J connectivity index is 1.75. The first kappa shape index (κ1) is 23.8. The molecule has 0 aromatic heterocycles. The second kappa shape index (κ2) is 12.3. The van der Waals surface area contributed by atoms with E-state index in [4.69, 9.17) is 4.74 Å². The molecule has 2 rings (SSSR count). The van der Waals surface area contributed by atoms with Crippen LogP contribution in [0.15, 0.2) is 23.1 Å². The van der Waals surface area contributed by atoms with Gasteiger partial charge in [-0.15, -0.1) is 11.8 Å². The van der Waals surface area contributed by atoms with Crippen LogP contribution in [0.2, 0.25) is 0 Å². The minimum absolute atomic E-state index is 0.0467. The Kier molecular flexibility index (Phi) is 10.1. The molecule has 0 saturated heterocycles. The van der Waals surface area contributed by atoms with Gasteiger partial charge in [0.25, 0.3) is 0 Å².